The van der Waals surface area contributed by atoms with E-state index >= 15 is 0 Å². The maximum Gasteiger partial charge on any atom is 0.0662 e. The summed E-state index contributed by atoms with van der Waals surface area (Å²) in [4.78, 5) is 2.35. The number of nitrogens with two attached hydrogens (primary N) is 1. The van der Waals surface area contributed by atoms with Gasteiger partial charge in [-0.1, -0.05) is 0 Å². The summed E-state index contributed by atoms with van der Waals surface area (Å²) in [6, 6.07) is 2.62. The third-order valence-electron chi connectivity index (χ3n) is 3.68. The summed E-state index contributed by atoms with van der Waals surface area (Å²) in [5.41, 5.74) is 7.42. The van der Waals surface area contributed by atoms with Crippen LogP contribution in [0.5, 0.6) is 0 Å². The summed E-state index contributed by atoms with van der Waals surface area (Å²) in [5, 5.41) is 4.45. The zero-order chi connectivity index (χ0) is 10.5. The lowest BCUT2D eigenvalue weighted by atomic mass is 10.1. The summed E-state index contributed by atoms with van der Waals surface area (Å²) in [5.74, 6) is 0. The van der Waals surface area contributed by atoms with Crippen LogP contribution in [0.1, 0.15) is 31.0 Å². The van der Waals surface area contributed by atoms with Crippen LogP contribution in [0, 0.1) is 0 Å². The summed E-state index contributed by atoms with van der Waals surface area (Å²) in [6.07, 6.45) is 5.31. The van der Waals surface area contributed by atoms with Gasteiger partial charge in [0.15, 0.2) is 0 Å². The van der Waals surface area contributed by atoms with Crippen LogP contribution in [-0.4, -0.2) is 34.8 Å². The monoisotopic (exact) mass is 206 g/mol. The Morgan fingerprint density at radius 3 is 2.93 bits per heavy atom. The minimum Gasteiger partial charge on any atom is -0.320 e. The van der Waals surface area contributed by atoms with E-state index in [1.807, 2.05) is 6.20 Å². The smallest absolute Gasteiger partial charge is 0.0662 e. The van der Waals surface area contributed by atoms with Crippen LogP contribution >= 0.6 is 0 Å². The maximum atomic E-state index is 6.24. The normalized spacial score (nSPS) is 29.6. The van der Waals surface area contributed by atoms with Crippen molar-refractivity contribution >= 4 is 0 Å². The van der Waals surface area contributed by atoms with E-state index in [1.165, 1.54) is 18.7 Å². The molecule has 4 heteroatoms. The third kappa shape index (κ3) is 1.48. The summed E-state index contributed by atoms with van der Waals surface area (Å²) in [6.45, 7) is 2.27. The number of likely N-dealkylation sites (tertiary alicyclic amines) is 1. The molecular formula is C11H18N4. The van der Waals surface area contributed by atoms with Crippen molar-refractivity contribution in [1.29, 1.82) is 0 Å². The van der Waals surface area contributed by atoms with Crippen molar-refractivity contribution in [1.82, 2.24) is 14.7 Å². The molecule has 1 aliphatic carbocycles. The van der Waals surface area contributed by atoms with Gasteiger partial charge in [0.2, 0.25) is 0 Å². The van der Waals surface area contributed by atoms with Gasteiger partial charge in [0.25, 0.3) is 0 Å². The lowest BCUT2D eigenvalue weighted by molar-refractivity contribution is 0.373. The maximum absolute atomic E-state index is 6.24. The second-order valence-corrected chi connectivity index (χ2v) is 5.02. The van der Waals surface area contributed by atoms with Crippen molar-refractivity contribution in [3.05, 3.63) is 18.0 Å². The Bertz CT molecular complexity index is 366. The number of likely N-dealkylation sites (N-methyl/N-ethyl adjacent to an activating group) is 1. The third-order valence-corrected chi connectivity index (χ3v) is 3.68. The van der Waals surface area contributed by atoms with Crippen molar-refractivity contribution in [2.45, 2.75) is 30.8 Å². The molecule has 3 rings (SSSR count). The predicted octanol–water partition coefficient (Wildman–Crippen LogP) is 0.707. The first-order chi connectivity index (χ1) is 7.19. The highest BCUT2D eigenvalue weighted by atomic mass is 15.3. The molecule has 2 N–H and O–H groups in total. The summed E-state index contributed by atoms with van der Waals surface area (Å²) < 4.78 is 2.16. The highest BCUT2D eigenvalue weighted by Crippen LogP contribution is 2.43. The van der Waals surface area contributed by atoms with Gasteiger partial charge in [-0.2, -0.15) is 5.10 Å². The van der Waals surface area contributed by atoms with E-state index in [2.05, 4.69) is 27.8 Å². The van der Waals surface area contributed by atoms with Crippen molar-refractivity contribution in [3.8, 4) is 0 Å². The summed E-state index contributed by atoms with van der Waals surface area (Å²) >= 11 is 0. The molecule has 0 bridgehead atoms. The Kier molecular flexibility index (Phi) is 1.91. The van der Waals surface area contributed by atoms with E-state index in [4.69, 9.17) is 5.73 Å². The van der Waals surface area contributed by atoms with Gasteiger partial charge >= 0.3 is 0 Å². The Balaban J connectivity index is 1.89. The van der Waals surface area contributed by atoms with Crippen LogP contribution in [0.15, 0.2) is 12.3 Å². The van der Waals surface area contributed by atoms with Crippen LogP contribution < -0.4 is 5.73 Å². The Hall–Kier alpha value is -0.870. The van der Waals surface area contributed by atoms with E-state index in [0.717, 1.165) is 19.4 Å². The molecule has 1 aromatic heterocycles. The van der Waals surface area contributed by atoms with Gasteiger partial charge in [-0.15, -0.1) is 0 Å². The molecule has 4 nitrogen and oxygen atoms in total. The van der Waals surface area contributed by atoms with Gasteiger partial charge in [0.05, 0.1) is 17.3 Å². The fourth-order valence-corrected chi connectivity index (χ4v) is 2.50. The summed E-state index contributed by atoms with van der Waals surface area (Å²) in [7, 11) is 2.17. The molecule has 1 aromatic rings. The van der Waals surface area contributed by atoms with Gasteiger partial charge < -0.3 is 10.6 Å². The zero-order valence-electron chi connectivity index (χ0n) is 9.19. The number of aromatic nitrogens is 2. The van der Waals surface area contributed by atoms with E-state index in [-0.39, 0.29) is 5.54 Å². The van der Waals surface area contributed by atoms with Gasteiger partial charge in [0, 0.05) is 12.7 Å². The second-order valence-electron chi connectivity index (χ2n) is 5.02. The van der Waals surface area contributed by atoms with E-state index in [0.29, 0.717) is 6.04 Å². The van der Waals surface area contributed by atoms with Crippen LogP contribution in [0.25, 0.3) is 0 Å². The molecule has 0 aromatic carbocycles. The van der Waals surface area contributed by atoms with E-state index in [1.54, 1.807) is 0 Å². The van der Waals surface area contributed by atoms with Gasteiger partial charge in [0.1, 0.15) is 0 Å². The first kappa shape index (κ1) is 9.36. The van der Waals surface area contributed by atoms with Crippen molar-refractivity contribution in [2.24, 2.45) is 5.73 Å². The lowest BCUT2D eigenvalue weighted by Crippen LogP contribution is -2.27. The van der Waals surface area contributed by atoms with Crippen molar-refractivity contribution in [3.63, 3.8) is 0 Å². The van der Waals surface area contributed by atoms with Crippen LogP contribution in [-0.2, 0) is 5.54 Å². The fraction of sp³-hybridized carbons (Fsp3) is 0.727. The topological polar surface area (TPSA) is 47.1 Å². The predicted molar refractivity (Wildman–Crippen MR) is 58.5 cm³/mol. The largest absolute Gasteiger partial charge is 0.320 e. The molecule has 1 unspecified atom stereocenters. The highest BCUT2D eigenvalue weighted by Gasteiger charge is 2.43. The molecule has 1 saturated carbocycles. The molecule has 1 saturated heterocycles. The average molecular weight is 206 g/mol. The standard InChI is InChI=1S/C11H18N4/c1-14-7-3-9(8-14)15-10(2-6-13-15)11(12)4-5-11/h2,6,9H,3-5,7-8,12H2,1H3. The highest BCUT2D eigenvalue weighted by molar-refractivity contribution is 5.22. The number of hydrogen-bond donors (Lipinski definition) is 1. The van der Waals surface area contributed by atoms with Crippen LogP contribution in [0.3, 0.4) is 0 Å². The molecule has 15 heavy (non-hydrogen) atoms. The lowest BCUT2D eigenvalue weighted by Gasteiger charge is -2.18. The van der Waals surface area contributed by atoms with Gasteiger partial charge in [-0.25, -0.2) is 0 Å². The molecule has 0 radical (unpaired) electrons. The molecule has 1 atom stereocenters. The molecule has 0 spiro atoms. The first-order valence-electron chi connectivity index (χ1n) is 5.70. The minimum atomic E-state index is -0.0579. The fourth-order valence-electron chi connectivity index (χ4n) is 2.50. The molecule has 2 fully saturated rings. The molecular weight excluding hydrogens is 188 g/mol. The van der Waals surface area contributed by atoms with Crippen molar-refractivity contribution < 1.29 is 0 Å². The van der Waals surface area contributed by atoms with Crippen LogP contribution in [0.2, 0.25) is 0 Å². The molecule has 2 aliphatic rings. The van der Waals surface area contributed by atoms with Gasteiger partial charge in [-0.05, 0) is 38.9 Å². The Morgan fingerprint density at radius 2 is 2.33 bits per heavy atom. The molecule has 0 amide bonds. The second kappa shape index (κ2) is 3.06. The first-order valence-corrected chi connectivity index (χ1v) is 5.70. The van der Waals surface area contributed by atoms with E-state index in [9.17, 15) is 0 Å². The van der Waals surface area contributed by atoms with Gasteiger partial charge in [-0.3, -0.25) is 4.68 Å². The molecule has 1 aliphatic heterocycles. The number of hydrogen-bond acceptors (Lipinski definition) is 3. The Labute approximate surface area is 90.0 Å². The minimum absolute atomic E-state index is 0.0579. The SMILES string of the molecule is CN1CCC(n2nccc2C2(N)CC2)C1. The number of nitrogens with zero attached hydrogens (tertiary/aromatic N) is 3. The molecule has 2 heterocycles. The zero-order valence-corrected chi connectivity index (χ0v) is 9.19. The Morgan fingerprint density at radius 1 is 1.53 bits per heavy atom. The van der Waals surface area contributed by atoms with Crippen molar-refractivity contribution in [2.75, 3.05) is 20.1 Å². The molecule has 82 valence electrons. The van der Waals surface area contributed by atoms with Crippen LogP contribution in [0.4, 0.5) is 0 Å². The van der Waals surface area contributed by atoms with E-state index < -0.39 is 0 Å². The average Bonchev–Trinajstić information content (AvgIpc) is 2.72. The quantitative estimate of drug-likeness (QED) is 0.775. The number of rotatable bonds is 2.